The lowest BCUT2D eigenvalue weighted by Gasteiger charge is -2.20. The van der Waals surface area contributed by atoms with Crippen LogP contribution in [-0.4, -0.2) is 29.1 Å². The number of aliphatic carboxylic acids is 1. The fraction of sp³-hybridized carbons (Fsp3) is 0.692. The van der Waals surface area contributed by atoms with Crippen molar-refractivity contribution in [2.75, 3.05) is 0 Å². The lowest BCUT2D eigenvalue weighted by Crippen LogP contribution is -2.47. The molecule has 1 rings (SSSR count). The van der Waals surface area contributed by atoms with Crippen molar-refractivity contribution in [3.8, 4) is 0 Å². The summed E-state index contributed by atoms with van der Waals surface area (Å²) in [6, 6.07) is -1.08. The van der Waals surface area contributed by atoms with Crippen LogP contribution in [0.3, 0.4) is 0 Å². The Morgan fingerprint density at radius 1 is 1.47 bits per heavy atom. The average Bonchev–Trinajstić information content (AvgIpc) is 2.56. The molecule has 0 aromatic rings. The molecular formula is C13H23ClN2O3. The van der Waals surface area contributed by atoms with Gasteiger partial charge in [-0.2, -0.15) is 0 Å². The molecule has 0 aromatic heterocycles. The van der Waals surface area contributed by atoms with Crippen LogP contribution >= 0.6 is 12.4 Å². The lowest BCUT2D eigenvalue weighted by atomic mass is 10.00. The Bertz CT molecular complexity index is 358. The topological polar surface area (TPSA) is 92.4 Å². The maximum absolute atomic E-state index is 12.0. The van der Waals surface area contributed by atoms with Crippen LogP contribution in [0.4, 0.5) is 0 Å². The Labute approximate surface area is 120 Å². The molecule has 0 heterocycles. The average molecular weight is 291 g/mol. The molecule has 1 fully saturated rings. The minimum absolute atomic E-state index is 0. The molecule has 3 atom stereocenters. The van der Waals surface area contributed by atoms with Crippen molar-refractivity contribution in [2.45, 2.75) is 45.2 Å². The molecule has 4 N–H and O–H groups in total. The first-order valence-corrected chi connectivity index (χ1v) is 6.26. The van der Waals surface area contributed by atoms with Crippen molar-refractivity contribution in [1.29, 1.82) is 0 Å². The zero-order valence-corrected chi connectivity index (χ0v) is 12.2. The summed E-state index contributed by atoms with van der Waals surface area (Å²) in [6.07, 6.45) is 1.62. The van der Waals surface area contributed by atoms with Crippen LogP contribution < -0.4 is 11.1 Å². The van der Waals surface area contributed by atoms with Crippen molar-refractivity contribution >= 4 is 24.3 Å². The van der Waals surface area contributed by atoms with Gasteiger partial charge in [0.1, 0.15) is 6.04 Å². The van der Waals surface area contributed by atoms with Gasteiger partial charge in [-0.3, -0.25) is 4.79 Å². The molecule has 0 unspecified atom stereocenters. The van der Waals surface area contributed by atoms with E-state index in [-0.39, 0.29) is 36.2 Å². The number of rotatable bonds is 5. The van der Waals surface area contributed by atoms with Crippen molar-refractivity contribution in [3.05, 3.63) is 12.2 Å². The van der Waals surface area contributed by atoms with Crippen molar-refractivity contribution in [1.82, 2.24) is 5.32 Å². The highest BCUT2D eigenvalue weighted by molar-refractivity contribution is 5.86. The summed E-state index contributed by atoms with van der Waals surface area (Å²) in [5, 5.41) is 11.6. The smallest absolute Gasteiger partial charge is 0.326 e. The summed E-state index contributed by atoms with van der Waals surface area (Å²) in [4.78, 5) is 23.1. The van der Waals surface area contributed by atoms with Crippen LogP contribution in [0, 0.1) is 11.8 Å². The summed E-state index contributed by atoms with van der Waals surface area (Å²) in [6.45, 7) is 7.67. The zero-order chi connectivity index (χ0) is 13.9. The van der Waals surface area contributed by atoms with Crippen molar-refractivity contribution in [3.63, 3.8) is 0 Å². The molecule has 6 heteroatoms. The first-order chi connectivity index (χ1) is 8.31. The third-order valence-electron chi connectivity index (χ3n) is 3.21. The predicted octanol–water partition coefficient (Wildman–Crippen LogP) is 1.32. The van der Waals surface area contributed by atoms with Crippen molar-refractivity contribution in [2.24, 2.45) is 17.6 Å². The first-order valence-electron chi connectivity index (χ1n) is 6.26. The molecule has 1 saturated carbocycles. The van der Waals surface area contributed by atoms with E-state index in [0.717, 1.165) is 5.57 Å². The van der Waals surface area contributed by atoms with Gasteiger partial charge < -0.3 is 16.2 Å². The number of carbonyl (C=O) groups excluding carboxylic acids is 1. The number of halogens is 1. The Morgan fingerprint density at radius 2 is 2.05 bits per heavy atom. The Morgan fingerprint density at radius 3 is 2.42 bits per heavy atom. The van der Waals surface area contributed by atoms with E-state index in [1.54, 1.807) is 0 Å². The van der Waals surface area contributed by atoms with Gasteiger partial charge in [-0.25, -0.2) is 4.79 Å². The molecule has 0 bridgehead atoms. The van der Waals surface area contributed by atoms with Crippen LogP contribution in [0.2, 0.25) is 0 Å². The Hall–Kier alpha value is -1.07. The summed E-state index contributed by atoms with van der Waals surface area (Å²) < 4.78 is 0. The zero-order valence-electron chi connectivity index (χ0n) is 11.4. The number of carboxylic acids is 1. The lowest BCUT2D eigenvalue weighted by molar-refractivity contribution is -0.143. The molecule has 1 aliphatic carbocycles. The molecular weight excluding hydrogens is 268 g/mol. The fourth-order valence-corrected chi connectivity index (χ4v) is 2.28. The second-order valence-corrected chi connectivity index (χ2v) is 5.46. The number of carboxylic acid groups (broad SMARTS) is 1. The van der Waals surface area contributed by atoms with E-state index in [1.807, 2.05) is 13.8 Å². The minimum atomic E-state index is -0.998. The monoisotopic (exact) mass is 290 g/mol. The van der Waals surface area contributed by atoms with Gasteiger partial charge in [-0.05, 0) is 25.2 Å². The third-order valence-corrected chi connectivity index (χ3v) is 3.21. The van der Waals surface area contributed by atoms with E-state index in [2.05, 4.69) is 11.9 Å². The van der Waals surface area contributed by atoms with Gasteiger partial charge in [0.05, 0.1) is 5.92 Å². The quantitative estimate of drug-likeness (QED) is 0.666. The van der Waals surface area contributed by atoms with E-state index in [1.165, 1.54) is 0 Å². The highest BCUT2D eigenvalue weighted by Gasteiger charge is 2.34. The molecule has 1 amide bonds. The summed E-state index contributed by atoms with van der Waals surface area (Å²) >= 11 is 0. The molecule has 0 spiro atoms. The molecule has 19 heavy (non-hydrogen) atoms. The number of hydrogen-bond donors (Lipinski definition) is 3. The molecule has 5 nitrogen and oxygen atoms in total. The van der Waals surface area contributed by atoms with Crippen molar-refractivity contribution < 1.29 is 14.7 Å². The number of carbonyl (C=O) groups is 2. The van der Waals surface area contributed by atoms with Gasteiger partial charge in [-0.15, -0.1) is 12.4 Å². The highest BCUT2D eigenvalue weighted by atomic mass is 35.5. The summed E-state index contributed by atoms with van der Waals surface area (Å²) in [5.41, 5.74) is 6.81. The van der Waals surface area contributed by atoms with E-state index in [0.29, 0.717) is 19.3 Å². The first kappa shape index (κ1) is 17.9. The van der Waals surface area contributed by atoms with Gasteiger partial charge >= 0.3 is 5.97 Å². The number of nitrogens with two attached hydrogens (primary N) is 1. The minimum Gasteiger partial charge on any atom is -0.480 e. The van der Waals surface area contributed by atoms with E-state index in [9.17, 15) is 9.59 Å². The van der Waals surface area contributed by atoms with E-state index >= 15 is 0 Å². The van der Waals surface area contributed by atoms with Crippen LogP contribution in [0.1, 0.15) is 33.1 Å². The van der Waals surface area contributed by atoms with Gasteiger partial charge in [0.25, 0.3) is 0 Å². The fourth-order valence-electron chi connectivity index (χ4n) is 2.28. The second kappa shape index (κ2) is 7.50. The molecule has 0 saturated heterocycles. The molecule has 0 aliphatic heterocycles. The second-order valence-electron chi connectivity index (χ2n) is 5.46. The summed E-state index contributed by atoms with van der Waals surface area (Å²) in [5.74, 6) is -1.40. The van der Waals surface area contributed by atoms with Crippen LogP contribution in [0.25, 0.3) is 0 Å². The highest BCUT2D eigenvalue weighted by Crippen LogP contribution is 2.28. The van der Waals surface area contributed by atoms with E-state index in [4.69, 9.17) is 10.8 Å². The van der Waals surface area contributed by atoms with Crippen LogP contribution in [-0.2, 0) is 9.59 Å². The normalized spacial score (nSPS) is 23.9. The standard InChI is InChI=1S/C13H22N2O3.ClH/c1-7(2)4-11(13(17)18)15-12(16)9-5-8(3)6-10(9)14;/h7,9-11H,3-6,14H2,1-2H3,(H,15,16)(H,17,18);1H/t9-,10+,11-;/m1./s1. The van der Waals surface area contributed by atoms with Gasteiger partial charge in [0, 0.05) is 6.04 Å². The van der Waals surface area contributed by atoms with Gasteiger partial charge in [0.15, 0.2) is 0 Å². The van der Waals surface area contributed by atoms with Gasteiger partial charge in [-0.1, -0.05) is 26.0 Å². The van der Waals surface area contributed by atoms with Gasteiger partial charge in [0.2, 0.25) is 5.91 Å². The largest absolute Gasteiger partial charge is 0.480 e. The Kier molecular flexibility index (Phi) is 7.08. The molecule has 0 aromatic carbocycles. The number of hydrogen-bond acceptors (Lipinski definition) is 3. The van der Waals surface area contributed by atoms with Crippen LogP contribution in [0.15, 0.2) is 12.2 Å². The maximum atomic E-state index is 12.0. The summed E-state index contributed by atoms with van der Waals surface area (Å²) in [7, 11) is 0. The molecule has 1 aliphatic rings. The maximum Gasteiger partial charge on any atom is 0.326 e. The van der Waals surface area contributed by atoms with E-state index < -0.39 is 12.0 Å². The molecule has 0 radical (unpaired) electrons. The number of amides is 1. The third kappa shape index (κ3) is 5.20. The molecule has 110 valence electrons. The van der Waals surface area contributed by atoms with Crippen LogP contribution in [0.5, 0.6) is 0 Å². The predicted molar refractivity (Wildman–Crippen MR) is 76.1 cm³/mol. The number of nitrogens with one attached hydrogen (secondary N) is 1. The Balaban J connectivity index is 0.00000324. The SMILES string of the molecule is C=C1C[C@H](N)[C@H](C(=O)N[C@H](CC(C)C)C(=O)O)C1.Cl.